The van der Waals surface area contributed by atoms with Crippen LogP contribution < -0.4 is 0 Å². The third kappa shape index (κ3) is 2.57. The van der Waals surface area contributed by atoms with E-state index in [9.17, 15) is 13.5 Å². The minimum atomic E-state index is -2.97. The minimum Gasteiger partial charge on any atom is -0.392 e. The summed E-state index contributed by atoms with van der Waals surface area (Å²) in [5.74, 6) is 0.298. The summed E-state index contributed by atoms with van der Waals surface area (Å²) in [5, 5.41) is 10.3. The Morgan fingerprint density at radius 1 is 1.28 bits per heavy atom. The molecule has 2 aromatic rings. The van der Waals surface area contributed by atoms with E-state index in [1.54, 1.807) is 6.92 Å². The molecule has 98 valence electrons. The molecule has 0 fully saturated rings. The van der Waals surface area contributed by atoms with Gasteiger partial charge in [-0.05, 0) is 11.5 Å². The maximum atomic E-state index is 11.5. The predicted molar refractivity (Wildman–Crippen MR) is 72.2 cm³/mol. The lowest BCUT2D eigenvalue weighted by molar-refractivity contribution is 0.283. The van der Waals surface area contributed by atoms with E-state index in [1.807, 2.05) is 35.0 Å². The highest BCUT2D eigenvalue weighted by molar-refractivity contribution is 7.91. The summed E-state index contributed by atoms with van der Waals surface area (Å²) >= 11 is 0. The predicted octanol–water partition coefficient (Wildman–Crippen LogP) is 1.57. The van der Waals surface area contributed by atoms with Gasteiger partial charge in [-0.3, -0.25) is 0 Å². The smallest absolute Gasteiger partial charge is 0.151 e. The van der Waals surface area contributed by atoms with Gasteiger partial charge in [0.25, 0.3) is 0 Å². The summed E-state index contributed by atoms with van der Waals surface area (Å²) in [6, 6.07) is 7.64. The zero-order valence-electron chi connectivity index (χ0n) is 10.3. The van der Waals surface area contributed by atoms with Gasteiger partial charge >= 0.3 is 0 Å². The number of fused-ring (bicyclic) bond motifs is 1. The van der Waals surface area contributed by atoms with Crippen molar-refractivity contribution in [1.82, 2.24) is 4.57 Å². The van der Waals surface area contributed by atoms with E-state index in [-0.39, 0.29) is 18.1 Å². The highest BCUT2D eigenvalue weighted by Gasteiger charge is 2.10. The number of aryl methyl sites for hydroxylation is 1. The molecule has 1 aromatic heterocycles. The standard InChI is InChI=1S/C13H17NO3S/c1-2-18(16,17)9-8-14-7-6-11-4-3-5-12(10-15)13(11)14/h3-7,15H,2,8-10H2,1H3. The number of hydrogen-bond donors (Lipinski definition) is 1. The molecule has 0 aliphatic heterocycles. The van der Waals surface area contributed by atoms with Gasteiger partial charge in [0, 0.05) is 24.1 Å². The van der Waals surface area contributed by atoms with Gasteiger partial charge in [-0.2, -0.15) is 0 Å². The van der Waals surface area contributed by atoms with E-state index in [2.05, 4.69) is 0 Å². The summed E-state index contributed by atoms with van der Waals surface area (Å²) < 4.78 is 24.9. The maximum absolute atomic E-state index is 11.5. The van der Waals surface area contributed by atoms with E-state index in [0.29, 0.717) is 6.54 Å². The summed E-state index contributed by atoms with van der Waals surface area (Å²) in [4.78, 5) is 0. The molecule has 1 heterocycles. The number of aliphatic hydroxyl groups is 1. The molecule has 2 rings (SSSR count). The van der Waals surface area contributed by atoms with E-state index in [1.165, 1.54) is 0 Å². The van der Waals surface area contributed by atoms with E-state index >= 15 is 0 Å². The summed E-state index contributed by atoms with van der Waals surface area (Å²) in [6.07, 6.45) is 1.87. The van der Waals surface area contributed by atoms with Crippen molar-refractivity contribution < 1.29 is 13.5 Å². The van der Waals surface area contributed by atoms with Crippen LogP contribution in [0.25, 0.3) is 10.9 Å². The van der Waals surface area contributed by atoms with Crippen LogP contribution in [0.15, 0.2) is 30.5 Å². The Morgan fingerprint density at radius 2 is 2.06 bits per heavy atom. The fourth-order valence-electron chi connectivity index (χ4n) is 2.04. The van der Waals surface area contributed by atoms with Crippen LogP contribution in [0.3, 0.4) is 0 Å². The van der Waals surface area contributed by atoms with E-state index in [0.717, 1.165) is 16.5 Å². The second-order valence-electron chi connectivity index (χ2n) is 4.26. The van der Waals surface area contributed by atoms with Crippen LogP contribution in [0.4, 0.5) is 0 Å². The molecular formula is C13H17NO3S. The molecule has 0 spiro atoms. The minimum absolute atomic E-state index is 0.0398. The van der Waals surface area contributed by atoms with Crippen LogP contribution in [-0.4, -0.2) is 29.6 Å². The lowest BCUT2D eigenvalue weighted by Gasteiger charge is -2.08. The van der Waals surface area contributed by atoms with Gasteiger partial charge in [0.1, 0.15) is 0 Å². The van der Waals surface area contributed by atoms with Crippen LogP contribution in [0.2, 0.25) is 0 Å². The largest absolute Gasteiger partial charge is 0.392 e. The number of para-hydroxylation sites is 1. The van der Waals surface area contributed by atoms with Crippen molar-refractivity contribution in [1.29, 1.82) is 0 Å². The highest BCUT2D eigenvalue weighted by Crippen LogP contribution is 2.20. The molecule has 0 amide bonds. The molecule has 0 radical (unpaired) electrons. The molecule has 18 heavy (non-hydrogen) atoms. The van der Waals surface area contributed by atoms with Crippen molar-refractivity contribution in [3.05, 3.63) is 36.0 Å². The first-order valence-corrected chi connectivity index (χ1v) is 7.77. The van der Waals surface area contributed by atoms with Gasteiger partial charge in [0.05, 0.1) is 17.9 Å². The van der Waals surface area contributed by atoms with Crippen molar-refractivity contribution in [3.8, 4) is 0 Å². The quantitative estimate of drug-likeness (QED) is 0.894. The topological polar surface area (TPSA) is 59.3 Å². The Hall–Kier alpha value is -1.33. The lowest BCUT2D eigenvalue weighted by Crippen LogP contribution is -2.14. The average molecular weight is 267 g/mol. The third-order valence-corrected chi connectivity index (χ3v) is 4.81. The molecule has 5 heteroatoms. The number of hydrogen-bond acceptors (Lipinski definition) is 3. The Labute approximate surface area is 107 Å². The van der Waals surface area contributed by atoms with Gasteiger partial charge in [0.2, 0.25) is 0 Å². The Bertz CT molecular complexity index is 643. The number of aromatic nitrogens is 1. The van der Waals surface area contributed by atoms with E-state index in [4.69, 9.17) is 0 Å². The Balaban J connectivity index is 2.34. The number of rotatable bonds is 5. The molecule has 0 atom stereocenters. The third-order valence-electron chi connectivity index (χ3n) is 3.13. The normalized spacial score (nSPS) is 12.1. The second-order valence-corrected chi connectivity index (χ2v) is 6.73. The molecule has 0 aliphatic rings. The number of nitrogens with zero attached hydrogens (tertiary/aromatic N) is 1. The van der Waals surface area contributed by atoms with Gasteiger partial charge in [-0.15, -0.1) is 0 Å². The molecule has 0 bridgehead atoms. The molecule has 0 unspecified atom stereocenters. The number of benzene rings is 1. The van der Waals surface area contributed by atoms with Gasteiger partial charge < -0.3 is 9.67 Å². The van der Waals surface area contributed by atoms with Gasteiger partial charge in [-0.1, -0.05) is 25.1 Å². The average Bonchev–Trinajstić information content (AvgIpc) is 2.79. The van der Waals surface area contributed by atoms with Crippen LogP contribution in [-0.2, 0) is 23.0 Å². The second kappa shape index (κ2) is 5.12. The first kappa shape index (κ1) is 13.1. The first-order chi connectivity index (χ1) is 8.57. The molecule has 1 aromatic carbocycles. The van der Waals surface area contributed by atoms with Crippen molar-refractivity contribution >= 4 is 20.7 Å². The Kier molecular flexibility index (Phi) is 3.73. The summed E-state index contributed by atoms with van der Waals surface area (Å²) in [6.45, 7) is 2.04. The molecular weight excluding hydrogens is 250 g/mol. The molecule has 4 nitrogen and oxygen atoms in total. The fraction of sp³-hybridized carbons (Fsp3) is 0.385. The van der Waals surface area contributed by atoms with Crippen molar-refractivity contribution in [3.63, 3.8) is 0 Å². The van der Waals surface area contributed by atoms with Crippen molar-refractivity contribution in [2.45, 2.75) is 20.1 Å². The highest BCUT2D eigenvalue weighted by atomic mass is 32.2. The van der Waals surface area contributed by atoms with Crippen LogP contribution in [0, 0.1) is 0 Å². The molecule has 0 saturated heterocycles. The molecule has 0 aliphatic carbocycles. The Morgan fingerprint density at radius 3 is 2.72 bits per heavy atom. The van der Waals surface area contributed by atoms with Gasteiger partial charge in [0.15, 0.2) is 9.84 Å². The SMILES string of the molecule is CCS(=O)(=O)CCn1ccc2cccc(CO)c21. The van der Waals surface area contributed by atoms with Crippen molar-refractivity contribution in [2.24, 2.45) is 0 Å². The maximum Gasteiger partial charge on any atom is 0.151 e. The monoisotopic (exact) mass is 267 g/mol. The summed E-state index contributed by atoms with van der Waals surface area (Å²) in [7, 11) is -2.97. The summed E-state index contributed by atoms with van der Waals surface area (Å²) in [5.41, 5.74) is 1.75. The number of sulfone groups is 1. The van der Waals surface area contributed by atoms with Crippen molar-refractivity contribution in [2.75, 3.05) is 11.5 Å². The van der Waals surface area contributed by atoms with Crippen LogP contribution >= 0.6 is 0 Å². The van der Waals surface area contributed by atoms with Crippen LogP contribution in [0.1, 0.15) is 12.5 Å². The van der Waals surface area contributed by atoms with E-state index < -0.39 is 9.84 Å². The first-order valence-electron chi connectivity index (χ1n) is 5.95. The molecule has 1 N–H and O–H groups in total. The van der Waals surface area contributed by atoms with Gasteiger partial charge in [-0.25, -0.2) is 8.42 Å². The number of aliphatic hydroxyl groups excluding tert-OH is 1. The zero-order chi connectivity index (χ0) is 13.2. The zero-order valence-corrected chi connectivity index (χ0v) is 11.2. The fourth-order valence-corrected chi connectivity index (χ4v) is 2.80. The molecule has 0 saturated carbocycles. The lowest BCUT2D eigenvalue weighted by atomic mass is 10.1. The van der Waals surface area contributed by atoms with Crippen LogP contribution in [0.5, 0.6) is 0 Å².